The van der Waals surface area contributed by atoms with Crippen LogP contribution in [0.1, 0.15) is 18.5 Å². The van der Waals surface area contributed by atoms with Crippen LogP contribution >= 0.6 is 11.6 Å². The summed E-state index contributed by atoms with van der Waals surface area (Å²) in [5, 5.41) is 0. The third kappa shape index (κ3) is 3.58. The minimum atomic E-state index is 0.694. The summed E-state index contributed by atoms with van der Waals surface area (Å²) in [6.07, 6.45) is 2.39. The van der Waals surface area contributed by atoms with E-state index in [4.69, 9.17) is 16.3 Å². The zero-order chi connectivity index (χ0) is 12.1. The Morgan fingerprint density at radius 3 is 3.18 bits per heavy atom. The SMILES string of the molecule is COc1cccc(CN2CCC(CCCl)C2)n1. The van der Waals surface area contributed by atoms with Gasteiger partial charge in [-0.15, -0.1) is 11.6 Å². The molecule has 4 heteroatoms. The van der Waals surface area contributed by atoms with Crippen LogP contribution in [0.4, 0.5) is 0 Å². The summed E-state index contributed by atoms with van der Waals surface area (Å²) in [5.41, 5.74) is 1.08. The van der Waals surface area contributed by atoms with Crippen LogP contribution in [-0.2, 0) is 6.54 Å². The van der Waals surface area contributed by atoms with Crippen molar-refractivity contribution in [3.05, 3.63) is 23.9 Å². The molecule has 0 N–H and O–H groups in total. The van der Waals surface area contributed by atoms with Crippen molar-refractivity contribution in [2.75, 3.05) is 26.1 Å². The number of hydrogen-bond donors (Lipinski definition) is 0. The summed E-state index contributed by atoms with van der Waals surface area (Å²) in [4.78, 5) is 6.88. The minimum Gasteiger partial charge on any atom is -0.481 e. The molecule has 1 fully saturated rings. The van der Waals surface area contributed by atoms with Crippen LogP contribution in [0.2, 0.25) is 0 Å². The standard InChI is InChI=1S/C13H19ClN2O/c1-17-13-4-2-3-12(15-13)10-16-8-6-11(9-16)5-7-14/h2-4,11H,5-10H2,1H3. The summed E-state index contributed by atoms with van der Waals surface area (Å²) in [5.74, 6) is 2.23. The van der Waals surface area contributed by atoms with E-state index in [0.717, 1.165) is 43.5 Å². The van der Waals surface area contributed by atoms with Crippen LogP contribution < -0.4 is 4.74 Å². The van der Waals surface area contributed by atoms with Crippen molar-refractivity contribution in [1.29, 1.82) is 0 Å². The van der Waals surface area contributed by atoms with Gasteiger partial charge in [-0.3, -0.25) is 4.90 Å². The molecular weight excluding hydrogens is 236 g/mol. The van der Waals surface area contributed by atoms with E-state index in [1.807, 2.05) is 12.1 Å². The van der Waals surface area contributed by atoms with Crippen molar-refractivity contribution >= 4 is 11.6 Å². The molecule has 0 bridgehead atoms. The molecule has 2 rings (SSSR count). The van der Waals surface area contributed by atoms with Gasteiger partial charge >= 0.3 is 0 Å². The number of halogens is 1. The van der Waals surface area contributed by atoms with E-state index in [1.165, 1.54) is 6.42 Å². The number of likely N-dealkylation sites (tertiary alicyclic amines) is 1. The number of aromatic nitrogens is 1. The van der Waals surface area contributed by atoms with Gasteiger partial charge in [-0.05, 0) is 31.4 Å². The first-order valence-corrected chi connectivity index (χ1v) is 6.63. The van der Waals surface area contributed by atoms with Crippen LogP contribution in [0.15, 0.2) is 18.2 Å². The first kappa shape index (κ1) is 12.7. The highest BCUT2D eigenvalue weighted by Gasteiger charge is 2.22. The number of hydrogen-bond acceptors (Lipinski definition) is 3. The van der Waals surface area contributed by atoms with Gasteiger partial charge in [0.25, 0.3) is 0 Å². The summed E-state index contributed by atoms with van der Waals surface area (Å²) < 4.78 is 5.13. The van der Waals surface area contributed by atoms with Crippen molar-refractivity contribution in [1.82, 2.24) is 9.88 Å². The molecule has 1 unspecified atom stereocenters. The van der Waals surface area contributed by atoms with Crippen LogP contribution in [0.3, 0.4) is 0 Å². The van der Waals surface area contributed by atoms with Gasteiger partial charge in [-0.25, -0.2) is 4.98 Å². The van der Waals surface area contributed by atoms with Crippen LogP contribution in [0, 0.1) is 5.92 Å². The first-order valence-electron chi connectivity index (χ1n) is 6.10. The van der Waals surface area contributed by atoms with Gasteiger partial charge in [0.05, 0.1) is 12.8 Å². The summed E-state index contributed by atoms with van der Waals surface area (Å²) in [6.45, 7) is 3.21. The van der Waals surface area contributed by atoms with E-state index in [1.54, 1.807) is 7.11 Å². The van der Waals surface area contributed by atoms with Gasteiger partial charge in [0, 0.05) is 25.0 Å². The van der Waals surface area contributed by atoms with E-state index in [2.05, 4.69) is 16.0 Å². The Morgan fingerprint density at radius 2 is 2.41 bits per heavy atom. The van der Waals surface area contributed by atoms with Gasteiger partial charge in [0.2, 0.25) is 5.88 Å². The van der Waals surface area contributed by atoms with Crippen molar-refractivity contribution < 1.29 is 4.74 Å². The van der Waals surface area contributed by atoms with Gasteiger partial charge in [-0.2, -0.15) is 0 Å². The zero-order valence-corrected chi connectivity index (χ0v) is 11.0. The number of nitrogens with zero attached hydrogens (tertiary/aromatic N) is 2. The fourth-order valence-electron chi connectivity index (χ4n) is 2.33. The number of pyridine rings is 1. The Balaban J connectivity index is 1.88. The highest BCUT2D eigenvalue weighted by atomic mass is 35.5. The van der Waals surface area contributed by atoms with Crippen molar-refractivity contribution in [3.8, 4) is 5.88 Å². The van der Waals surface area contributed by atoms with Gasteiger partial charge in [0.15, 0.2) is 0 Å². The molecule has 2 heterocycles. The maximum atomic E-state index is 5.78. The molecular formula is C13H19ClN2O. The molecule has 1 aromatic rings. The van der Waals surface area contributed by atoms with Gasteiger partial charge in [-0.1, -0.05) is 6.07 Å². The predicted molar refractivity (Wildman–Crippen MR) is 69.5 cm³/mol. The largest absolute Gasteiger partial charge is 0.481 e. The lowest BCUT2D eigenvalue weighted by Crippen LogP contribution is -2.20. The summed E-state index contributed by atoms with van der Waals surface area (Å²) >= 11 is 5.78. The van der Waals surface area contributed by atoms with Crippen molar-refractivity contribution in [2.24, 2.45) is 5.92 Å². The summed E-state index contributed by atoms with van der Waals surface area (Å²) in [7, 11) is 1.65. The Bertz CT molecular complexity index is 359. The molecule has 1 aromatic heterocycles. The molecule has 0 radical (unpaired) electrons. The smallest absolute Gasteiger partial charge is 0.213 e. The Hall–Kier alpha value is -0.800. The first-order chi connectivity index (χ1) is 8.31. The maximum Gasteiger partial charge on any atom is 0.213 e. The second-order valence-electron chi connectivity index (χ2n) is 4.54. The topological polar surface area (TPSA) is 25.4 Å². The average Bonchev–Trinajstić information content (AvgIpc) is 2.77. The Labute approximate surface area is 108 Å². The third-order valence-corrected chi connectivity index (χ3v) is 3.48. The fourth-order valence-corrected chi connectivity index (χ4v) is 2.64. The number of ether oxygens (including phenoxy) is 1. The Kier molecular flexibility index (Phi) is 4.63. The zero-order valence-electron chi connectivity index (χ0n) is 10.2. The molecule has 1 saturated heterocycles. The molecule has 94 valence electrons. The quantitative estimate of drug-likeness (QED) is 0.755. The minimum absolute atomic E-state index is 0.694. The second kappa shape index (κ2) is 6.22. The molecule has 1 atom stereocenters. The molecule has 3 nitrogen and oxygen atoms in total. The molecule has 0 saturated carbocycles. The normalized spacial score (nSPS) is 20.7. The van der Waals surface area contributed by atoms with Crippen LogP contribution in [0.25, 0.3) is 0 Å². The lowest BCUT2D eigenvalue weighted by Gasteiger charge is -2.15. The second-order valence-corrected chi connectivity index (χ2v) is 4.92. The van der Waals surface area contributed by atoms with Gasteiger partial charge in [0.1, 0.15) is 0 Å². The molecule has 1 aliphatic rings. The maximum absolute atomic E-state index is 5.78. The van der Waals surface area contributed by atoms with Gasteiger partial charge < -0.3 is 4.74 Å². The lowest BCUT2D eigenvalue weighted by atomic mass is 10.1. The van der Waals surface area contributed by atoms with E-state index in [9.17, 15) is 0 Å². The van der Waals surface area contributed by atoms with E-state index >= 15 is 0 Å². The van der Waals surface area contributed by atoms with Crippen LogP contribution in [-0.4, -0.2) is 36.0 Å². The molecule has 0 aliphatic carbocycles. The van der Waals surface area contributed by atoms with Crippen LogP contribution in [0.5, 0.6) is 5.88 Å². The predicted octanol–water partition coefficient (Wildman–Crippen LogP) is 2.54. The number of rotatable bonds is 5. The van der Waals surface area contributed by atoms with Crippen molar-refractivity contribution in [2.45, 2.75) is 19.4 Å². The molecule has 1 aliphatic heterocycles. The van der Waals surface area contributed by atoms with E-state index < -0.39 is 0 Å². The third-order valence-electron chi connectivity index (χ3n) is 3.26. The van der Waals surface area contributed by atoms with E-state index in [0.29, 0.717) is 5.88 Å². The average molecular weight is 255 g/mol. The molecule has 0 amide bonds. The fraction of sp³-hybridized carbons (Fsp3) is 0.615. The number of alkyl halides is 1. The van der Waals surface area contributed by atoms with E-state index in [-0.39, 0.29) is 0 Å². The highest BCUT2D eigenvalue weighted by Crippen LogP contribution is 2.21. The lowest BCUT2D eigenvalue weighted by molar-refractivity contribution is 0.309. The Morgan fingerprint density at radius 1 is 1.53 bits per heavy atom. The molecule has 17 heavy (non-hydrogen) atoms. The monoisotopic (exact) mass is 254 g/mol. The highest BCUT2D eigenvalue weighted by molar-refractivity contribution is 6.17. The summed E-state index contributed by atoms with van der Waals surface area (Å²) in [6, 6.07) is 5.93. The molecule has 0 spiro atoms. The number of methoxy groups -OCH3 is 1. The molecule has 0 aromatic carbocycles. The van der Waals surface area contributed by atoms with Crippen molar-refractivity contribution in [3.63, 3.8) is 0 Å².